The number of nitrogens with zero attached hydrogens (tertiary/aromatic N) is 3. The molecule has 174 valence electrons. The average molecular weight is 487 g/mol. The summed E-state index contributed by atoms with van der Waals surface area (Å²) in [5.74, 6) is 1.03. The molecular weight excluding hydrogens is 460 g/mol. The summed E-state index contributed by atoms with van der Waals surface area (Å²) in [5, 5.41) is 7.08. The number of sulfonamides is 1. The molecule has 1 aliphatic carbocycles. The number of carbonyl (C=O) groups is 1. The Hall–Kier alpha value is -2.56. The predicted octanol–water partition coefficient (Wildman–Crippen LogP) is 4.33. The number of thiophene rings is 1. The molecule has 8 nitrogen and oxygen atoms in total. The van der Waals surface area contributed by atoms with Gasteiger partial charge >= 0.3 is 0 Å². The number of aryl methyl sites for hydroxylation is 2. The molecule has 1 saturated carbocycles. The minimum Gasteiger partial charge on any atom is -0.339 e. The molecule has 10 heteroatoms. The van der Waals surface area contributed by atoms with Crippen LogP contribution in [0.4, 0.5) is 5.69 Å². The van der Waals surface area contributed by atoms with Crippen LogP contribution in [0.5, 0.6) is 0 Å². The zero-order chi connectivity index (χ0) is 23.2. The summed E-state index contributed by atoms with van der Waals surface area (Å²) in [5.41, 5.74) is 1.70. The first-order valence-corrected chi connectivity index (χ1v) is 13.4. The number of hydrogen-bond acceptors (Lipinski definition) is 7. The zero-order valence-corrected chi connectivity index (χ0v) is 20.2. The van der Waals surface area contributed by atoms with Crippen molar-refractivity contribution in [3.63, 3.8) is 0 Å². The summed E-state index contributed by atoms with van der Waals surface area (Å²) in [6.45, 7) is 4.44. The van der Waals surface area contributed by atoms with Gasteiger partial charge in [0.15, 0.2) is 0 Å². The Kier molecular flexibility index (Phi) is 5.84. The van der Waals surface area contributed by atoms with E-state index >= 15 is 0 Å². The van der Waals surface area contributed by atoms with E-state index in [0.29, 0.717) is 42.7 Å². The smallest absolute Gasteiger partial charge is 0.243 e. The zero-order valence-electron chi connectivity index (χ0n) is 18.6. The molecule has 5 rings (SSSR count). The Balaban J connectivity index is 1.27. The summed E-state index contributed by atoms with van der Waals surface area (Å²) in [7, 11) is -3.63. The number of aromatic nitrogens is 2. The van der Waals surface area contributed by atoms with Crippen molar-refractivity contribution < 1.29 is 17.7 Å². The lowest BCUT2D eigenvalue weighted by Gasteiger charge is -2.31. The van der Waals surface area contributed by atoms with Crippen LogP contribution in [0, 0.1) is 19.8 Å². The summed E-state index contributed by atoms with van der Waals surface area (Å²) in [6.07, 6.45) is 3.47. The maximum atomic E-state index is 13.1. The summed E-state index contributed by atoms with van der Waals surface area (Å²) in [6, 6.07) is 8.68. The lowest BCUT2D eigenvalue weighted by atomic mass is 9.99. The van der Waals surface area contributed by atoms with E-state index in [1.54, 1.807) is 24.3 Å². The number of benzene rings is 1. The lowest BCUT2D eigenvalue weighted by molar-refractivity contribution is -0.120. The SMILES string of the molecule is Cc1ccc(S(=O)(=O)N2CCC[C@H](C(=O)Nc3cc(-c4noc(C5CC5)n4)sc3C)C2)cc1. The van der Waals surface area contributed by atoms with Crippen LogP contribution in [-0.4, -0.2) is 41.9 Å². The maximum Gasteiger partial charge on any atom is 0.243 e. The van der Waals surface area contributed by atoms with E-state index in [2.05, 4.69) is 15.5 Å². The van der Waals surface area contributed by atoms with Gasteiger partial charge in [-0.3, -0.25) is 4.79 Å². The topological polar surface area (TPSA) is 105 Å². The third kappa shape index (κ3) is 4.60. The highest BCUT2D eigenvalue weighted by Gasteiger charge is 2.34. The predicted molar refractivity (Wildman–Crippen MR) is 126 cm³/mol. The largest absolute Gasteiger partial charge is 0.339 e. The highest BCUT2D eigenvalue weighted by atomic mass is 32.2. The van der Waals surface area contributed by atoms with Gasteiger partial charge in [-0.2, -0.15) is 9.29 Å². The second-order valence-electron chi connectivity index (χ2n) is 8.82. The molecule has 1 N–H and O–H groups in total. The molecule has 3 aromatic rings. The van der Waals surface area contributed by atoms with Crippen LogP contribution in [0.1, 0.15) is 47.9 Å². The van der Waals surface area contributed by atoms with Gasteiger partial charge in [0.25, 0.3) is 0 Å². The first-order valence-electron chi connectivity index (χ1n) is 11.1. The number of piperidine rings is 1. The van der Waals surface area contributed by atoms with Crippen molar-refractivity contribution in [2.75, 3.05) is 18.4 Å². The van der Waals surface area contributed by atoms with Crippen LogP contribution in [-0.2, 0) is 14.8 Å². The minimum absolute atomic E-state index is 0.168. The van der Waals surface area contributed by atoms with Crippen molar-refractivity contribution in [2.45, 2.75) is 50.3 Å². The van der Waals surface area contributed by atoms with Gasteiger partial charge in [-0.1, -0.05) is 22.9 Å². The summed E-state index contributed by atoms with van der Waals surface area (Å²) in [4.78, 5) is 19.6. The molecule has 1 saturated heterocycles. The average Bonchev–Trinajstić information content (AvgIpc) is 3.43. The van der Waals surface area contributed by atoms with Crippen molar-refractivity contribution >= 4 is 33.0 Å². The van der Waals surface area contributed by atoms with Crippen molar-refractivity contribution in [3.8, 4) is 10.7 Å². The Morgan fingerprint density at radius 3 is 2.67 bits per heavy atom. The fourth-order valence-electron chi connectivity index (χ4n) is 4.02. The molecule has 2 fully saturated rings. The summed E-state index contributed by atoms with van der Waals surface area (Å²) >= 11 is 1.50. The number of rotatable bonds is 6. The van der Waals surface area contributed by atoms with Crippen LogP contribution < -0.4 is 5.32 Å². The first-order chi connectivity index (χ1) is 15.8. The van der Waals surface area contributed by atoms with Crippen LogP contribution in [0.15, 0.2) is 39.8 Å². The number of amides is 1. The molecule has 1 amide bonds. The molecule has 0 spiro atoms. The Bertz CT molecular complexity index is 1280. The third-order valence-corrected chi connectivity index (χ3v) is 9.10. The van der Waals surface area contributed by atoms with Gasteiger partial charge < -0.3 is 9.84 Å². The van der Waals surface area contributed by atoms with E-state index in [-0.39, 0.29) is 17.3 Å². The molecule has 1 aromatic carbocycles. The fourth-order valence-corrected chi connectivity index (χ4v) is 6.44. The van der Waals surface area contributed by atoms with Crippen LogP contribution >= 0.6 is 11.3 Å². The van der Waals surface area contributed by atoms with Crippen molar-refractivity contribution in [1.82, 2.24) is 14.4 Å². The van der Waals surface area contributed by atoms with Crippen LogP contribution in [0.3, 0.4) is 0 Å². The van der Waals surface area contributed by atoms with E-state index in [0.717, 1.165) is 28.2 Å². The van der Waals surface area contributed by atoms with E-state index in [1.807, 2.05) is 19.9 Å². The molecule has 2 aromatic heterocycles. The van der Waals surface area contributed by atoms with Crippen molar-refractivity contribution in [3.05, 3.63) is 46.7 Å². The Morgan fingerprint density at radius 2 is 1.94 bits per heavy atom. The van der Waals surface area contributed by atoms with Gasteiger partial charge in [-0.05, 0) is 57.7 Å². The van der Waals surface area contributed by atoms with Gasteiger partial charge in [0.1, 0.15) is 0 Å². The quantitative estimate of drug-likeness (QED) is 0.556. The Morgan fingerprint density at radius 1 is 1.18 bits per heavy atom. The molecule has 0 bridgehead atoms. The number of carbonyl (C=O) groups excluding carboxylic acids is 1. The second kappa shape index (κ2) is 8.66. The lowest BCUT2D eigenvalue weighted by Crippen LogP contribution is -2.43. The monoisotopic (exact) mass is 486 g/mol. The third-order valence-electron chi connectivity index (χ3n) is 6.18. The fraction of sp³-hybridized carbons (Fsp3) is 0.435. The first kappa shape index (κ1) is 22.2. The molecule has 33 heavy (non-hydrogen) atoms. The van der Waals surface area contributed by atoms with E-state index < -0.39 is 15.9 Å². The highest BCUT2D eigenvalue weighted by Crippen LogP contribution is 2.40. The number of nitrogens with one attached hydrogen (secondary N) is 1. The van der Waals surface area contributed by atoms with E-state index in [4.69, 9.17) is 4.52 Å². The Labute approximate surface area is 197 Å². The molecule has 0 unspecified atom stereocenters. The standard InChI is InChI=1S/C23H26N4O4S2/c1-14-5-9-18(10-6-14)33(29,30)27-11-3-4-17(13-27)22(28)24-19-12-20(32-15(19)2)21-25-23(31-26-21)16-7-8-16/h5-6,9-10,12,16-17H,3-4,7-8,11,13H2,1-2H3,(H,24,28)/t17-/m0/s1. The van der Waals surface area contributed by atoms with Crippen molar-refractivity contribution in [2.24, 2.45) is 5.92 Å². The van der Waals surface area contributed by atoms with E-state index in [1.165, 1.54) is 15.6 Å². The second-order valence-corrected chi connectivity index (χ2v) is 12.0. The van der Waals surface area contributed by atoms with Gasteiger partial charge in [0, 0.05) is 23.9 Å². The number of anilines is 1. The maximum absolute atomic E-state index is 13.1. The molecule has 3 heterocycles. The molecule has 2 aliphatic rings. The minimum atomic E-state index is -3.63. The summed E-state index contributed by atoms with van der Waals surface area (Å²) < 4.78 is 32.9. The van der Waals surface area contributed by atoms with Crippen molar-refractivity contribution in [1.29, 1.82) is 0 Å². The van der Waals surface area contributed by atoms with Crippen LogP contribution in [0.25, 0.3) is 10.7 Å². The van der Waals surface area contributed by atoms with E-state index in [9.17, 15) is 13.2 Å². The van der Waals surface area contributed by atoms with Crippen LogP contribution in [0.2, 0.25) is 0 Å². The van der Waals surface area contributed by atoms with Gasteiger partial charge in [-0.15, -0.1) is 11.3 Å². The molecule has 1 aliphatic heterocycles. The van der Waals surface area contributed by atoms with Gasteiger partial charge in [-0.25, -0.2) is 8.42 Å². The van der Waals surface area contributed by atoms with Gasteiger partial charge in [0.05, 0.1) is 21.4 Å². The molecular formula is C23H26N4O4S2. The van der Waals surface area contributed by atoms with Gasteiger partial charge in [0.2, 0.25) is 27.6 Å². The molecule has 1 atom stereocenters. The normalized spacial score (nSPS) is 19.5. The molecule has 0 radical (unpaired) electrons. The number of hydrogen-bond donors (Lipinski definition) is 1. The highest BCUT2D eigenvalue weighted by molar-refractivity contribution is 7.89.